The molecule has 1 atom stereocenters. The van der Waals surface area contributed by atoms with E-state index in [-0.39, 0.29) is 0 Å². The molecule has 0 N–H and O–H groups in total. The second kappa shape index (κ2) is 4.50. The fourth-order valence-electron chi connectivity index (χ4n) is 1.99. The Morgan fingerprint density at radius 2 is 2.07 bits per heavy atom. The summed E-state index contributed by atoms with van der Waals surface area (Å²) in [5, 5.41) is 0. The van der Waals surface area contributed by atoms with Crippen molar-refractivity contribution in [3.63, 3.8) is 0 Å². The van der Waals surface area contributed by atoms with E-state index in [1.165, 1.54) is 5.57 Å². The predicted octanol–water partition coefficient (Wildman–Crippen LogP) is 3.71. The highest BCUT2D eigenvalue weighted by molar-refractivity contribution is 5.32. The summed E-state index contributed by atoms with van der Waals surface area (Å²) in [5.41, 5.74) is 2.40. The normalized spacial score (nSPS) is 18.8. The molecule has 1 heterocycles. The van der Waals surface area contributed by atoms with E-state index in [0.29, 0.717) is 12.0 Å². The van der Waals surface area contributed by atoms with Gasteiger partial charge in [0.2, 0.25) is 0 Å². The molecule has 0 amide bonds. The van der Waals surface area contributed by atoms with Crippen molar-refractivity contribution < 1.29 is 0 Å². The van der Waals surface area contributed by atoms with Crippen molar-refractivity contribution in [3.05, 3.63) is 36.2 Å². The van der Waals surface area contributed by atoms with Gasteiger partial charge in [-0.3, -0.25) is 0 Å². The van der Waals surface area contributed by atoms with E-state index in [1.54, 1.807) is 0 Å². The molecule has 1 heteroatoms. The van der Waals surface area contributed by atoms with Gasteiger partial charge in [-0.05, 0) is 37.0 Å². The molecule has 0 aromatic rings. The van der Waals surface area contributed by atoms with Crippen molar-refractivity contribution in [1.29, 1.82) is 0 Å². The number of hydrogen-bond acceptors (Lipinski definition) is 1. The summed E-state index contributed by atoms with van der Waals surface area (Å²) < 4.78 is 0. The van der Waals surface area contributed by atoms with Crippen LogP contribution in [0.15, 0.2) is 36.2 Å². The Balaban J connectivity index is 2.80. The van der Waals surface area contributed by atoms with Crippen LogP contribution in [0, 0.1) is 5.92 Å². The third-order valence-corrected chi connectivity index (χ3v) is 2.77. The maximum Gasteiger partial charge on any atom is 0.0356 e. The molecule has 0 bridgehead atoms. The largest absolute Gasteiger partial charge is 0.345 e. The average Bonchev–Trinajstić information content (AvgIpc) is 2.09. The average molecular weight is 191 g/mol. The zero-order valence-corrected chi connectivity index (χ0v) is 9.75. The van der Waals surface area contributed by atoms with Crippen LogP contribution < -0.4 is 0 Å². The first-order valence-corrected chi connectivity index (χ1v) is 5.40. The van der Waals surface area contributed by atoms with E-state index < -0.39 is 0 Å². The lowest BCUT2D eigenvalue weighted by Crippen LogP contribution is -2.34. The van der Waals surface area contributed by atoms with E-state index in [4.69, 9.17) is 0 Å². The Morgan fingerprint density at radius 3 is 2.50 bits per heavy atom. The van der Waals surface area contributed by atoms with Gasteiger partial charge in [-0.2, -0.15) is 0 Å². The van der Waals surface area contributed by atoms with Crippen molar-refractivity contribution in [2.24, 2.45) is 5.92 Å². The van der Waals surface area contributed by atoms with Crippen molar-refractivity contribution in [2.45, 2.75) is 40.2 Å². The molecular formula is C13H21N. The highest BCUT2D eigenvalue weighted by atomic mass is 15.2. The highest BCUT2D eigenvalue weighted by Crippen LogP contribution is 2.23. The lowest BCUT2D eigenvalue weighted by Gasteiger charge is -2.35. The standard InChI is InChI=1S/C13H21N/c1-6-13(10(2)3)14-8-7-11(4)9-12(14)5/h7-10,13H,5-6H2,1-4H3. The van der Waals surface area contributed by atoms with Crippen LogP contribution in [0.25, 0.3) is 0 Å². The third-order valence-electron chi connectivity index (χ3n) is 2.77. The van der Waals surface area contributed by atoms with Crippen LogP contribution in [-0.2, 0) is 0 Å². The number of nitrogens with zero attached hydrogens (tertiary/aromatic N) is 1. The summed E-state index contributed by atoms with van der Waals surface area (Å²) in [6.45, 7) is 13.0. The maximum absolute atomic E-state index is 4.10. The van der Waals surface area contributed by atoms with Gasteiger partial charge in [0.15, 0.2) is 0 Å². The molecule has 0 fully saturated rings. The fourth-order valence-corrected chi connectivity index (χ4v) is 1.99. The monoisotopic (exact) mass is 191 g/mol. The Hall–Kier alpha value is -0.980. The Kier molecular flexibility index (Phi) is 3.56. The fraction of sp³-hybridized carbons (Fsp3) is 0.538. The number of allylic oxidation sites excluding steroid dienone is 3. The van der Waals surface area contributed by atoms with Gasteiger partial charge in [-0.15, -0.1) is 0 Å². The van der Waals surface area contributed by atoms with Gasteiger partial charge < -0.3 is 4.90 Å². The predicted molar refractivity (Wildman–Crippen MR) is 62.8 cm³/mol. The minimum Gasteiger partial charge on any atom is -0.345 e. The lowest BCUT2D eigenvalue weighted by molar-refractivity contribution is 0.263. The van der Waals surface area contributed by atoms with E-state index in [1.807, 2.05) is 0 Å². The molecule has 78 valence electrons. The maximum atomic E-state index is 4.10. The molecule has 14 heavy (non-hydrogen) atoms. The summed E-state index contributed by atoms with van der Waals surface area (Å²) in [5.74, 6) is 0.660. The first-order chi connectivity index (χ1) is 6.56. The molecule has 1 unspecified atom stereocenters. The van der Waals surface area contributed by atoms with Crippen LogP contribution in [-0.4, -0.2) is 10.9 Å². The van der Waals surface area contributed by atoms with Crippen LogP contribution in [0.2, 0.25) is 0 Å². The molecule has 1 aliphatic heterocycles. The van der Waals surface area contributed by atoms with Gasteiger partial charge in [0.25, 0.3) is 0 Å². The summed E-state index contributed by atoms with van der Waals surface area (Å²) in [4.78, 5) is 2.29. The zero-order chi connectivity index (χ0) is 10.7. The molecular weight excluding hydrogens is 170 g/mol. The van der Waals surface area contributed by atoms with Gasteiger partial charge in [0.1, 0.15) is 0 Å². The minimum atomic E-state index is 0.572. The van der Waals surface area contributed by atoms with Crippen molar-refractivity contribution in [1.82, 2.24) is 4.90 Å². The number of rotatable bonds is 3. The molecule has 1 aliphatic rings. The molecule has 0 saturated carbocycles. The molecule has 1 rings (SSSR count). The molecule has 1 nitrogen and oxygen atoms in total. The SMILES string of the molecule is C=C1C=C(C)C=CN1C(CC)C(C)C. The zero-order valence-electron chi connectivity index (χ0n) is 9.75. The van der Waals surface area contributed by atoms with Gasteiger partial charge >= 0.3 is 0 Å². The van der Waals surface area contributed by atoms with Gasteiger partial charge in [0, 0.05) is 17.9 Å². The first-order valence-electron chi connectivity index (χ1n) is 5.40. The molecule has 0 aliphatic carbocycles. The minimum absolute atomic E-state index is 0.572. The van der Waals surface area contributed by atoms with Crippen molar-refractivity contribution in [3.8, 4) is 0 Å². The van der Waals surface area contributed by atoms with E-state index in [0.717, 1.165) is 12.1 Å². The van der Waals surface area contributed by atoms with Crippen LogP contribution in [0.5, 0.6) is 0 Å². The third kappa shape index (κ3) is 2.28. The molecule has 0 spiro atoms. The summed E-state index contributed by atoms with van der Waals surface area (Å²) in [6, 6.07) is 0.572. The van der Waals surface area contributed by atoms with E-state index in [9.17, 15) is 0 Å². The second-order valence-corrected chi connectivity index (χ2v) is 4.32. The second-order valence-electron chi connectivity index (χ2n) is 4.32. The summed E-state index contributed by atoms with van der Waals surface area (Å²) in [6.07, 6.45) is 7.62. The topological polar surface area (TPSA) is 3.24 Å². The van der Waals surface area contributed by atoms with Crippen LogP contribution in [0.1, 0.15) is 34.1 Å². The van der Waals surface area contributed by atoms with Crippen LogP contribution >= 0.6 is 0 Å². The first kappa shape index (κ1) is 11.1. The van der Waals surface area contributed by atoms with Gasteiger partial charge in [-0.25, -0.2) is 0 Å². The van der Waals surface area contributed by atoms with Gasteiger partial charge in [0.05, 0.1) is 0 Å². The molecule has 0 aromatic heterocycles. The van der Waals surface area contributed by atoms with Gasteiger partial charge in [-0.1, -0.05) is 27.4 Å². The van der Waals surface area contributed by atoms with Crippen LogP contribution in [0.4, 0.5) is 0 Å². The number of hydrogen-bond donors (Lipinski definition) is 0. The van der Waals surface area contributed by atoms with E-state index >= 15 is 0 Å². The molecule has 0 aromatic carbocycles. The smallest absolute Gasteiger partial charge is 0.0356 e. The Labute approximate surface area is 87.8 Å². The lowest BCUT2D eigenvalue weighted by atomic mass is 9.98. The Bertz CT molecular complexity index is 271. The van der Waals surface area contributed by atoms with Crippen LogP contribution in [0.3, 0.4) is 0 Å². The molecule has 0 radical (unpaired) electrons. The van der Waals surface area contributed by atoms with Crippen molar-refractivity contribution >= 4 is 0 Å². The highest BCUT2D eigenvalue weighted by Gasteiger charge is 2.19. The summed E-state index contributed by atoms with van der Waals surface area (Å²) in [7, 11) is 0. The molecule has 0 saturated heterocycles. The van der Waals surface area contributed by atoms with E-state index in [2.05, 4.69) is 57.5 Å². The Morgan fingerprint density at radius 1 is 1.43 bits per heavy atom. The van der Waals surface area contributed by atoms with Crippen molar-refractivity contribution in [2.75, 3.05) is 0 Å². The quantitative estimate of drug-likeness (QED) is 0.657. The summed E-state index contributed by atoms with van der Waals surface area (Å²) >= 11 is 0.